The van der Waals surface area contributed by atoms with E-state index in [1.54, 1.807) is 12.1 Å². The van der Waals surface area contributed by atoms with Gasteiger partial charge in [-0.2, -0.15) is 13.2 Å². The van der Waals surface area contributed by atoms with E-state index in [1.807, 2.05) is 12.1 Å². The van der Waals surface area contributed by atoms with Gasteiger partial charge >= 0.3 is 6.18 Å². The molecule has 0 spiro atoms. The fourth-order valence-electron chi connectivity index (χ4n) is 5.87. The summed E-state index contributed by atoms with van der Waals surface area (Å²) in [7, 11) is 0. The van der Waals surface area contributed by atoms with E-state index in [9.17, 15) is 13.2 Å². The SMILES string of the molecule is FC(F)(F)c1ccccc1CN[C@@H]1C2CCN(CC2)C1C(c1ccccc1)c1ccccc1. The summed E-state index contributed by atoms with van der Waals surface area (Å²) >= 11 is 0. The monoisotopic (exact) mass is 450 g/mol. The molecule has 3 fully saturated rings. The molecule has 1 unspecified atom stereocenters. The first kappa shape index (κ1) is 22.2. The van der Waals surface area contributed by atoms with Crippen molar-refractivity contribution in [1.82, 2.24) is 10.2 Å². The van der Waals surface area contributed by atoms with Crippen molar-refractivity contribution in [3.63, 3.8) is 0 Å². The summed E-state index contributed by atoms with van der Waals surface area (Å²) in [5.74, 6) is 0.624. The van der Waals surface area contributed by atoms with Crippen LogP contribution in [0.25, 0.3) is 0 Å². The van der Waals surface area contributed by atoms with E-state index in [0.717, 1.165) is 25.9 Å². The predicted molar refractivity (Wildman–Crippen MR) is 125 cm³/mol. The number of alkyl halides is 3. The van der Waals surface area contributed by atoms with E-state index in [2.05, 4.69) is 58.7 Å². The molecule has 3 aromatic carbocycles. The van der Waals surface area contributed by atoms with E-state index in [4.69, 9.17) is 0 Å². The maximum Gasteiger partial charge on any atom is 0.416 e. The third-order valence-corrected chi connectivity index (χ3v) is 7.38. The van der Waals surface area contributed by atoms with Gasteiger partial charge in [0.2, 0.25) is 0 Å². The van der Waals surface area contributed by atoms with Crippen LogP contribution in [0.5, 0.6) is 0 Å². The van der Waals surface area contributed by atoms with Crippen LogP contribution in [0.2, 0.25) is 0 Å². The van der Waals surface area contributed by atoms with Crippen molar-refractivity contribution < 1.29 is 13.2 Å². The largest absolute Gasteiger partial charge is 0.416 e. The van der Waals surface area contributed by atoms with Crippen LogP contribution >= 0.6 is 0 Å². The quantitative estimate of drug-likeness (QED) is 0.489. The van der Waals surface area contributed by atoms with Crippen LogP contribution in [0.3, 0.4) is 0 Å². The lowest BCUT2D eigenvalue weighted by Gasteiger charge is -2.54. The number of benzene rings is 3. The maximum atomic E-state index is 13.6. The Balaban J connectivity index is 1.49. The number of fused-ring (bicyclic) bond motifs is 3. The summed E-state index contributed by atoms with van der Waals surface area (Å²) in [4.78, 5) is 2.55. The van der Waals surface area contributed by atoms with Gasteiger partial charge in [-0.1, -0.05) is 78.9 Å². The van der Waals surface area contributed by atoms with Gasteiger partial charge in [-0.3, -0.25) is 4.90 Å². The Kier molecular flexibility index (Phi) is 6.26. The number of hydrogen-bond donors (Lipinski definition) is 1. The number of nitrogens with one attached hydrogen (secondary N) is 1. The van der Waals surface area contributed by atoms with Crippen LogP contribution in [-0.4, -0.2) is 30.1 Å². The molecule has 33 heavy (non-hydrogen) atoms. The van der Waals surface area contributed by atoms with Gasteiger partial charge in [0.05, 0.1) is 5.56 Å². The molecule has 3 heterocycles. The lowest BCUT2D eigenvalue weighted by atomic mass is 9.70. The molecule has 1 N–H and O–H groups in total. The summed E-state index contributed by atoms with van der Waals surface area (Å²) in [6.45, 7) is 2.31. The van der Waals surface area contributed by atoms with Crippen molar-refractivity contribution in [2.45, 2.75) is 43.6 Å². The maximum absolute atomic E-state index is 13.6. The van der Waals surface area contributed by atoms with Crippen molar-refractivity contribution in [1.29, 1.82) is 0 Å². The minimum Gasteiger partial charge on any atom is -0.308 e. The van der Waals surface area contributed by atoms with Gasteiger partial charge in [0.25, 0.3) is 0 Å². The average molecular weight is 451 g/mol. The molecule has 3 aliphatic heterocycles. The highest BCUT2D eigenvalue weighted by atomic mass is 19.4. The first-order valence-corrected chi connectivity index (χ1v) is 11.7. The second kappa shape index (κ2) is 9.32. The molecule has 0 saturated carbocycles. The first-order chi connectivity index (χ1) is 16.0. The summed E-state index contributed by atoms with van der Waals surface area (Å²) in [6, 6.07) is 27.3. The molecule has 6 rings (SSSR count). The molecule has 172 valence electrons. The summed E-state index contributed by atoms with van der Waals surface area (Å²) < 4.78 is 40.7. The predicted octanol–water partition coefficient (Wildman–Crippen LogP) is 6.09. The third kappa shape index (κ3) is 4.57. The van der Waals surface area contributed by atoms with Crippen molar-refractivity contribution in [2.75, 3.05) is 13.1 Å². The molecule has 5 heteroatoms. The zero-order chi connectivity index (χ0) is 22.8. The van der Waals surface area contributed by atoms with E-state index in [1.165, 1.54) is 23.3 Å². The Bertz CT molecular complexity index is 1000. The van der Waals surface area contributed by atoms with E-state index >= 15 is 0 Å². The summed E-state index contributed by atoms with van der Waals surface area (Å²) in [5, 5.41) is 3.61. The second-order valence-electron chi connectivity index (χ2n) is 9.22. The fourth-order valence-corrected chi connectivity index (χ4v) is 5.87. The Labute approximate surface area is 193 Å². The van der Waals surface area contributed by atoms with E-state index in [-0.39, 0.29) is 24.5 Å². The molecular formula is C28H29F3N2. The van der Waals surface area contributed by atoms with Gasteiger partial charge in [0.1, 0.15) is 0 Å². The number of halogens is 3. The molecule has 2 bridgehead atoms. The minimum absolute atomic E-state index is 0.124. The van der Waals surface area contributed by atoms with Crippen LogP contribution in [0.4, 0.5) is 13.2 Å². The molecule has 2 atom stereocenters. The normalized spacial score (nSPS) is 24.8. The highest BCUT2D eigenvalue weighted by Crippen LogP contribution is 2.42. The Morgan fingerprint density at radius 1 is 0.788 bits per heavy atom. The fraction of sp³-hybridized carbons (Fsp3) is 0.357. The number of rotatable bonds is 6. The number of hydrogen-bond acceptors (Lipinski definition) is 2. The Morgan fingerprint density at radius 2 is 1.33 bits per heavy atom. The molecule has 0 aromatic heterocycles. The van der Waals surface area contributed by atoms with Crippen LogP contribution in [-0.2, 0) is 12.7 Å². The number of piperidine rings is 3. The molecule has 3 aliphatic rings. The Morgan fingerprint density at radius 3 is 1.91 bits per heavy atom. The summed E-state index contributed by atoms with van der Waals surface area (Å²) in [5.41, 5.74) is 2.28. The molecule has 0 aliphatic carbocycles. The van der Waals surface area contributed by atoms with Crippen LogP contribution in [0.15, 0.2) is 84.9 Å². The lowest BCUT2D eigenvalue weighted by molar-refractivity contribution is -0.138. The average Bonchev–Trinajstić information content (AvgIpc) is 2.85. The summed E-state index contributed by atoms with van der Waals surface area (Å²) in [6.07, 6.45) is -2.17. The van der Waals surface area contributed by atoms with Gasteiger partial charge in [0, 0.05) is 24.5 Å². The van der Waals surface area contributed by atoms with Gasteiger partial charge in [0.15, 0.2) is 0 Å². The smallest absolute Gasteiger partial charge is 0.308 e. The molecule has 0 amide bonds. The van der Waals surface area contributed by atoms with Crippen molar-refractivity contribution in [3.05, 3.63) is 107 Å². The standard InChI is InChI=1S/C28H29F3N2/c29-28(30,31)24-14-8-7-13-23(24)19-32-26-22-15-17-33(18-16-22)27(26)25(20-9-3-1-4-10-20)21-11-5-2-6-12-21/h1-14,22,25-27,32H,15-19H2/t26-,27?/m1/s1. The lowest BCUT2D eigenvalue weighted by Crippen LogP contribution is -2.64. The van der Waals surface area contributed by atoms with Gasteiger partial charge < -0.3 is 5.32 Å². The zero-order valence-corrected chi connectivity index (χ0v) is 18.5. The first-order valence-electron chi connectivity index (χ1n) is 11.7. The van der Waals surface area contributed by atoms with Crippen LogP contribution in [0.1, 0.15) is 41.0 Å². The second-order valence-corrected chi connectivity index (χ2v) is 9.22. The molecular weight excluding hydrogens is 421 g/mol. The molecule has 0 radical (unpaired) electrons. The third-order valence-electron chi connectivity index (χ3n) is 7.38. The van der Waals surface area contributed by atoms with E-state index < -0.39 is 11.7 Å². The van der Waals surface area contributed by atoms with Crippen molar-refractivity contribution in [3.8, 4) is 0 Å². The van der Waals surface area contributed by atoms with Crippen LogP contribution < -0.4 is 5.32 Å². The molecule has 2 nitrogen and oxygen atoms in total. The Hall–Kier alpha value is -2.63. The minimum atomic E-state index is -4.34. The van der Waals surface area contributed by atoms with Gasteiger partial charge in [-0.05, 0) is 54.6 Å². The number of nitrogens with zero attached hydrogens (tertiary/aromatic N) is 1. The topological polar surface area (TPSA) is 15.3 Å². The highest BCUT2D eigenvalue weighted by Gasteiger charge is 2.46. The van der Waals surface area contributed by atoms with Crippen LogP contribution in [0, 0.1) is 5.92 Å². The molecule has 3 aromatic rings. The zero-order valence-electron chi connectivity index (χ0n) is 18.5. The molecule has 3 saturated heterocycles. The van der Waals surface area contributed by atoms with Crippen molar-refractivity contribution >= 4 is 0 Å². The van der Waals surface area contributed by atoms with Crippen molar-refractivity contribution in [2.24, 2.45) is 5.92 Å². The van der Waals surface area contributed by atoms with Gasteiger partial charge in [-0.15, -0.1) is 0 Å². The van der Waals surface area contributed by atoms with Gasteiger partial charge in [-0.25, -0.2) is 0 Å². The highest BCUT2D eigenvalue weighted by molar-refractivity contribution is 5.36. The van der Waals surface area contributed by atoms with E-state index in [0.29, 0.717) is 11.5 Å².